The normalized spacial score (nSPS) is 12.8. The minimum Gasteiger partial charge on any atom is -0.326 e. The summed E-state index contributed by atoms with van der Waals surface area (Å²) in [6.45, 7) is 8.16. The van der Waals surface area contributed by atoms with Gasteiger partial charge in [-0.25, -0.2) is 8.42 Å². The van der Waals surface area contributed by atoms with Crippen LogP contribution in [0.25, 0.3) is 0 Å². The molecule has 1 amide bonds. The third kappa shape index (κ3) is 4.76. The maximum atomic E-state index is 12.9. The van der Waals surface area contributed by atoms with E-state index in [9.17, 15) is 13.2 Å². The molecule has 1 atom stereocenters. The van der Waals surface area contributed by atoms with Gasteiger partial charge in [0.25, 0.3) is 0 Å². The lowest BCUT2D eigenvalue weighted by Gasteiger charge is -2.21. The first-order valence-electron chi connectivity index (χ1n) is 9.31. The summed E-state index contributed by atoms with van der Waals surface area (Å²) in [6.07, 6.45) is 0.659. The van der Waals surface area contributed by atoms with Gasteiger partial charge in [-0.15, -0.1) is 0 Å². The third-order valence-electron chi connectivity index (χ3n) is 4.71. The SMILES string of the molecule is CCC(C(=O)Nc1ccc(C)c(S(=O)(=O)N(CC)CC)c1)c1ccccc1. The van der Waals surface area contributed by atoms with Crippen LogP contribution in [0.15, 0.2) is 53.4 Å². The lowest BCUT2D eigenvalue weighted by atomic mass is 9.95. The molecule has 1 N–H and O–H groups in total. The molecule has 1 unspecified atom stereocenters. The van der Waals surface area contributed by atoms with Crippen LogP contribution >= 0.6 is 0 Å². The Labute approximate surface area is 162 Å². The molecule has 146 valence electrons. The van der Waals surface area contributed by atoms with Crippen LogP contribution in [-0.4, -0.2) is 31.7 Å². The molecule has 2 aromatic rings. The molecule has 0 bridgehead atoms. The molecule has 0 radical (unpaired) electrons. The number of nitrogens with zero attached hydrogens (tertiary/aromatic N) is 1. The molecule has 0 heterocycles. The van der Waals surface area contributed by atoms with Crippen molar-refractivity contribution in [3.05, 3.63) is 59.7 Å². The first-order chi connectivity index (χ1) is 12.8. The highest BCUT2D eigenvalue weighted by molar-refractivity contribution is 7.89. The van der Waals surface area contributed by atoms with Crippen LogP contribution < -0.4 is 5.32 Å². The van der Waals surface area contributed by atoms with Crippen LogP contribution in [0.3, 0.4) is 0 Å². The summed E-state index contributed by atoms with van der Waals surface area (Å²) in [5.74, 6) is -0.422. The highest BCUT2D eigenvalue weighted by Gasteiger charge is 2.25. The predicted octanol–water partition coefficient (Wildman–Crippen LogP) is 4.16. The summed E-state index contributed by atoms with van der Waals surface area (Å²) in [4.78, 5) is 13.0. The topological polar surface area (TPSA) is 66.5 Å². The number of nitrogens with one attached hydrogen (secondary N) is 1. The molecule has 0 saturated carbocycles. The van der Waals surface area contributed by atoms with Gasteiger partial charge < -0.3 is 5.32 Å². The number of hydrogen-bond acceptors (Lipinski definition) is 3. The minimum absolute atomic E-state index is 0.140. The molecule has 0 spiro atoms. The lowest BCUT2D eigenvalue weighted by molar-refractivity contribution is -0.117. The molecule has 6 heteroatoms. The van der Waals surface area contributed by atoms with Crippen molar-refractivity contribution < 1.29 is 13.2 Å². The lowest BCUT2D eigenvalue weighted by Crippen LogP contribution is -2.31. The molecular weight excluding hydrogens is 360 g/mol. The van der Waals surface area contributed by atoms with E-state index in [1.54, 1.807) is 25.1 Å². The number of benzene rings is 2. The first kappa shape index (κ1) is 21.1. The average Bonchev–Trinajstić information content (AvgIpc) is 2.65. The van der Waals surface area contributed by atoms with Gasteiger partial charge in [-0.2, -0.15) is 4.31 Å². The Bertz CT molecular complexity index is 876. The van der Waals surface area contributed by atoms with Gasteiger partial charge in [-0.05, 0) is 36.6 Å². The Morgan fingerprint density at radius 1 is 1.04 bits per heavy atom. The number of amides is 1. The standard InChI is InChI=1S/C21H28N2O3S/c1-5-19(17-11-9-8-10-12-17)21(24)22-18-14-13-16(4)20(15-18)27(25,26)23(6-2)7-3/h8-15,19H,5-7H2,1-4H3,(H,22,24). The highest BCUT2D eigenvalue weighted by atomic mass is 32.2. The van der Waals surface area contributed by atoms with Crippen molar-refractivity contribution in [2.45, 2.75) is 44.9 Å². The van der Waals surface area contributed by atoms with Crippen LogP contribution in [0.4, 0.5) is 5.69 Å². The molecular formula is C21H28N2O3S. The van der Waals surface area contributed by atoms with Crippen LogP contribution in [0.1, 0.15) is 44.2 Å². The monoisotopic (exact) mass is 388 g/mol. The first-order valence-corrected chi connectivity index (χ1v) is 10.8. The second kappa shape index (κ2) is 9.15. The molecule has 5 nitrogen and oxygen atoms in total. The average molecular weight is 389 g/mol. The Hall–Kier alpha value is -2.18. The van der Waals surface area contributed by atoms with Crippen LogP contribution in [0.5, 0.6) is 0 Å². The predicted molar refractivity (Wildman–Crippen MR) is 109 cm³/mol. The highest BCUT2D eigenvalue weighted by Crippen LogP contribution is 2.26. The van der Waals surface area contributed by atoms with Gasteiger partial charge in [-0.1, -0.05) is 57.2 Å². The summed E-state index contributed by atoms with van der Waals surface area (Å²) in [5, 5.41) is 2.88. The maximum Gasteiger partial charge on any atom is 0.243 e. The number of carbonyl (C=O) groups excluding carboxylic acids is 1. The molecule has 0 aliphatic carbocycles. The zero-order chi connectivity index (χ0) is 20.0. The van der Waals surface area contributed by atoms with Gasteiger partial charge in [0.05, 0.1) is 10.8 Å². The quantitative estimate of drug-likeness (QED) is 0.738. The number of rotatable bonds is 8. The molecule has 2 rings (SSSR count). The summed E-state index contributed by atoms with van der Waals surface area (Å²) >= 11 is 0. The van der Waals surface area contributed by atoms with Gasteiger partial charge in [-0.3, -0.25) is 4.79 Å². The number of aryl methyl sites for hydroxylation is 1. The van der Waals surface area contributed by atoms with Gasteiger partial charge in [0.1, 0.15) is 0 Å². The molecule has 0 fully saturated rings. The minimum atomic E-state index is -3.59. The second-order valence-corrected chi connectivity index (χ2v) is 8.34. The summed E-state index contributed by atoms with van der Waals surface area (Å²) < 4.78 is 27.2. The molecule has 0 aromatic heterocycles. The molecule has 0 aliphatic rings. The van der Waals surface area contributed by atoms with E-state index in [4.69, 9.17) is 0 Å². The van der Waals surface area contributed by atoms with Crippen molar-refractivity contribution >= 4 is 21.6 Å². The van der Waals surface area contributed by atoms with Crippen molar-refractivity contribution in [1.29, 1.82) is 0 Å². The Balaban J connectivity index is 2.31. The van der Waals surface area contributed by atoms with E-state index in [2.05, 4.69) is 5.32 Å². The van der Waals surface area contributed by atoms with Gasteiger partial charge in [0.2, 0.25) is 15.9 Å². The second-order valence-electron chi connectivity index (χ2n) is 6.43. The number of anilines is 1. The van der Waals surface area contributed by atoms with Crippen molar-refractivity contribution in [3.63, 3.8) is 0 Å². The fourth-order valence-electron chi connectivity index (χ4n) is 3.15. The zero-order valence-corrected chi connectivity index (χ0v) is 17.2. The van der Waals surface area contributed by atoms with E-state index in [1.165, 1.54) is 4.31 Å². The number of carbonyl (C=O) groups is 1. The summed E-state index contributed by atoms with van der Waals surface area (Å²) in [7, 11) is -3.59. The van der Waals surface area contributed by atoms with Crippen LogP contribution in [-0.2, 0) is 14.8 Å². The van der Waals surface area contributed by atoms with E-state index in [-0.39, 0.29) is 16.7 Å². The van der Waals surface area contributed by atoms with E-state index < -0.39 is 10.0 Å². The molecule has 0 aliphatic heterocycles. The Kier molecular flexibility index (Phi) is 7.16. The van der Waals surface area contributed by atoms with E-state index >= 15 is 0 Å². The summed E-state index contributed by atoms with van der Waals surface area (Å²) in [5.41, 5.74) is 2.10. The van der Waals surface area contributed by atoms with Gasteiger partial charge in [0, 0.05) is 18.8 Å². The summed E-state index contributed by atoms with van der Waals surface area (Å²) in [6, 6.07) is 14.6. The smallest absolute Gasteiger partial charge is 0.243 e. The van der Waals surface area contributed by atoms with Crippen molar-refractivity contribution in [2.75, 3.05) is 18.4 Å². The maximum absolute atomic E-state index is 12.9. The van der Waals surface area contributed by atoms with E-state index in [0.717, 1.165) is 5.56 Å². The molecule has 27 heavy (non-hydrogen) atoms. The Morgan fingerprint density at radius 3 is 2.22 bits per heavy atom. The molecule has 0 saturated heterocycles. The fourth-order valence-corrected chi connectivity index (χ4v) is 4.85. The number of sulfonamides is 1. The van der Waals surface area contributed by atoms with Crippen LogP contribution in [0, 0.1) is 6.92 Å². The Morgan fingerprint density at radius 2 is 1.67 bits per heavy atom. The van der Waals surface area contributed by atoms with E-state index in [0.29, 0.717) is 30.8 Å². The van der Waals surface area contributed by atoms with Gasteiger partial charge >= 0.3 is 0 Å². The van der Waals surface area contributed by atoms with Crippen LogP contribution in [0.2, 0.25) is 0 Å². The largest absolute Gasteiger partial charge is 0.326 e. The zero-order valence-electron chi connectivity index (χ0n) is 16.4. The van der Waals surface area contributed by atoms with Crippen molar-refractivity contribution in [3.8, 4) is 0 Å². The molecule has 2 aromatic carbocycles. The fraction of sp³-hybridized carbons (Fsp3) is 0.381. The third-order valence-corrected chi connectivity index (χ3v) is 6.90. The van der Waals surface area contributed by atoms with E-state index in [1.807, 2.05) is 51.1 Å². The van der Waals surface area contributed by atoms with Crippen molar-refractivity contribution in [2.24, 2.45) is 0 Å². The van der Waals surface area contributed by atoms with Crippen molar-refractivity contribution in [1.82, 2.24) is 4.31 Å². The van der Waals surface area contributed by atoms with Gasteiger partial charge in [0.15, 0.2) is 0 Å². The number of hydrogen-bond donors (Lipinski definition) is 1.